The van der Waals surface area contributed by atoms with Crippen LogP contribution in [0, 0.1) is 0 Å². The van der Waals surface area contributed by atoms with Gasteiger partial charge in [0.15, 0.2) is 0 Å². The summed E-state index contributed by atoms with van der Waals surface area (Å²) in [6.45, 7) is 2.88. The molecule has 0 bridgehead atoms. The number of aliphatic hydroxyl groups is 1. The maximum Gasteiger partial charge on any atom is 0.225 e. The average Bonchev–Trinajstić information content (AvgIpc) is 2.68. The highest BCUT2D eigenvalue weighted by molar-refractivity contribution is 5.77. The fourth-order valence-electron chi connectivity index (χ4n) is 3.11. The van der Waals surface area contributed by atoms with E-state index in [-0.39, 0.29) is 12.3 Å². The summed E-state index contributed by atoms with van der Waals surface area (Å²) in [6, 6.07) is 17.3. The van der Waals surface area contributed by atoms with Crippen LogP contribution in [0.2, 0.25) is 0 Å². The number of nitrogens with zero attached hydrogens (tertiary/aromatic N) is 2. The van der Waals surface area contributed by atoms with E-state index in [2.05, 4.69) is 11.0 Å². The molecule has 2 aromatic rings. The summed E-state index contributed by atoms with van der Waals surface area (Å²) in [6.07, 6.45) is -0.617. The molecule has 25 heavy (non-hydrogen) atoms. The Bertz CT molecular complexity index is 697. The van der Waals surface area contributed by atoms with Crippen molar-refractivity contribution in [2.75, 3.05) is 38.2 Å². The van der Waals surface area contributed by atoms with Crippen molar-refractivity contribution in [1.29, 1.82) is 0 Å². The summed E-state index contributed by atoms with van der Waals surface area (Å²) in [5.41, 5.74) is 1.89. The van der Waals surface area contributed by atoms with Crippen LogP contribution < -0.4 is 9.64 Å². The van der Waals surface area contributed by atoms with Gasteiger partial charge in [-0.05, 0) is 17.7 Å². The Balaban J connectivity index is 1.54. The fourth-order valence-corrected chi connectivity index (χ4v) is 3.11. The van der Waals surface area contributed by atoms with Gasteiger partial charge in [-0.15, -0.1) is 0 Å². The number of hydrogen-bond donors (Lipinski definition) is 1. The molecule has 5 nitrogen and oxygen atoms in total. The van der Waals surface area contributed by atoms with E-state index in [1.807, 2.05) is 53.4 Å². The van der Waals surface area contributed by atoms with Gasteiger partial charge < -0.3 is 19.6 Å². The Labute approximate surface area is 148 Å². The van der Waals surface area contributed by atoms with Gasteiger partial charge in [-0.1, -0.05) is 36.4 Å². The molecule has 0 saturated carbocycles. The van der Waals surface area contributed by atoms with Crippen LogP contribution in [-0.2, 0) is 4.79 Å². The zero-order valence-electron chi connectivity index (χ0n) is 14.5. The van der Waals surface area contributed by atoms with Gasteiger partial charge >= 0.3 is 0 Å². The van der Waals surface area contributed by atoms with Crippen LogP contribution in [0.4, 0.5) is 5.69 Å². The normalized spacial score (nSPS) is 15.8. The molecule has 5 heteroatoms. The monoisotopic (exact) mass is 340 g/mol. The summed E-state index contributed by atoms with van der Waals surface area (Å²) < 4.78 is 5.27. The van der Waals surface area contributed by atoms with Gasteiger partial charge in [-0.3, -0.25) is 4.79 Å². The molecule has 1 atom stereocenters. The van der Waals surface area contributed by atoms with Gasteiger partial charge in [0, 0.05) is 37.9 Å². The molecule has 1 fully saturated rings. The molecule has 2 aromatic carbocycles. The van der Waals surface area contributed by atoms with E-state index in [0.29, 0.717) is 13.1 Å². The number of benzene rings is 2. The van der Waals surface area contributed by atoms with Crippen LogP contribution >= 0.6 is 0 Å². The van der Waals surface area contributed by atoms with Crippen LogP contribution in [0.1, 0.15) is 18.1 Å². The third-order valence-electron chi connectivity index (χ3n) is 4.60. The fraction of sp³-hybridized carbons (Fsp3) is 0.350. The molecule has 1 aliphatic rings. The molecule has 3 rings (SSSR count). The predicted molar refractivity (Wildman–Crippen MR) is 97.8 cm³/mol. The molecule has 1 saturated heterocycles. The second-order valence-electron chi connectivity index (χ2n) is 6.20. The van der Waals surface area contributed by atoms with E-state index in [1.165, 1.54) is 0 Å². The van der Waals surface area contributed by atoms with Crippen molar-refractivity contribution in [2.24, 2.45) is 0 Å². The Morgan fingerprint density at radius 2 is 1.80 bits per heavy atom. The number of ether oxygens (including phenoxy) is 1. The van der Waals surface area contributed by atoms with Crippen molar-refractivity contribution in [3.05, 3.63) is 60.2 Å². The number of aliphatic hydroxyl groups excluding tert-OH is 1. The lowest BCUT2D eigenvalue weighted by atomic mass is 10.1. The molecule has 1 unspecified atom stereocenters. The van der Waals surface area contributed by atoms with Crippen LogP contribution in [0.5, 0.6) is 5.75 Å². The van der Waals surface area contributed by atoms with E-state index in [9.17, 15) is 9.90 Å². The number of piperazine rings is 1. The van der Waals surface area contributed by atoms with Crippen molar-refractivity contribution in [3.8, 4) is 5.75 Å². The number of amides is 1. The molecule has 1 heterocycles. The quantitative estimate of drug-likeness (QED) is 0.908. The van der Waals surface area contributed by atoms with Gasteiger partial charge in [-0.2, -0.15) is 0 Å². The molecule has 1 aliphatic heterocycles. The third kappa shape index (κ3) is 4.31. The summed E-state index contributed by atoms with van der Waals surface area (Å²) in [5, 5.41) is 10.2. The standard InChI is InChI=1S/C20H24N2O3/c1-25-18-9-5-8-17(14-18)21-10-12-22(13-11-21)20(24)15-19(23)16-6-3-2-4-7-16/h2-9,14,19,23H,10-13,15H2,1H3. The molecule has 1 amide bonds. The predicted octanol–water partition coefficient (Wildman–Crippen LogP) is 2.47. The number of anilines is 1. The zero-order chi connectivity index (χ0) is 17.6. The van der Waals surface area contributed by atoms with Crippen molar-refractivity contribution in [3.63, 3.8) is 0 Å². The minimum atomic E-state index is -0.745. The topological polar surface area (TPSA) is 53.0 Å². The highest BCUT2D eigenvalue weighted by atomic mass is 16.5. The first kappa shape index (κ1) is 17.3. The zero-order valence-corrected chi connectivity index (χ0v) is 14.5. The summed E-state index contributed by atoms with van der Waals surface area (Å²) in [7, 11) is 1.66. The summed E-state index contributed by atoms with van der Waals surface area (Å²) >= 11 is 0. The van der Waals surface area contributed by atoms with E-state index >= 15 is 0 Å². The molecular weight excluding hydrogens is 316 g/mol. The minimum Gasteiger partial charge on any atom is -0.497 e. The number of methoxy groups -OCH3 is 1. The van der Waals surface area contributed by atoms with Gasteiger partial charge in [0.05, 0.1) is 19.6 Å². The van der Waals surface area contributed by atoms with Crippen LogP contribution in [0.3, 0.4) is 0 Å². The SMILES string of the molecule is COc1cccc(N2CCN(C(=O)CC(O)c3ccccc3)CC2)c1. The number of carbonyl (C=O) groups is 1. The van der Waals surface area contributed by atoms with Crippen LogP contribution in [-0.4, -0.2) is 49.2 Å². The number of hydrogen-bond acceptors (Lipinski definition) is 4. The molecule has 0 aliphatic carbocycles. The van der Waals surface area contributed by atoms with Crippen molar-refractivity contribution >= 4 is 11.6 Å². The van der Waals surface area contributed by atoms with Crippen LogP contribution in [0.15, 0.2) is 54.6 Å². The molecule has 0 spiro atoms. The Morgan fingerprint density at radius 1 is 1.08 bits per heavy atom. The van der Waals surface area contributed by atoms with E-state index in [1.54, 1.807) is 7.11 Å². The Kier molecular flexibility index (Phi) is 5.56. The minimum absolute atomic E-state index is 0.00152. The highest BCUT2D eigenvalue weighted by Gasteiger charge is 2.23. The van der Waals surface area contributed by atoms with E-state index in [4.69, 9.17) is 4.74 Å². The molecule has 1 N–H and O–H groups in total. The number of rotatable bonds is 5. The lowest BCUT2D eigenvalue weighted by Gasteiger charge is -2.36. The first-order valence-corrected chi connectivity index (χ1v) is 8.57. The van der Waals surface area contributed by atoms with E-state index < -0.39 is 6.10 Å². The van der Waals surface area contributed by atoms with Crippen molar-refractivity contribution < 1.29 is 14.6 Å². The lowest BCUT2D eigenvalue weighted by molar-refractivity contribution is -0.133. The first-order valence-electron chi connectivity index (χ1n) is 8.57. The summed E-state index contributed by atoms with van der Waals surface area (Å²) in [4.78, 5) is 16.5. The lowest BCUT2D eigenvalue weighted by Crippen LogP contribution is -2.49. The third-order valence-corrected chi connectivity index (χ3v) is 4.60. The highest BCUT2D eigenvalue weighted by Crippen LogP contribution is 2.23. The molecule has 0 aromatic heterocycles. The maximum atomic E-state index is 12.5. The average molecular weight is 340 g/mol. The van der Waals surface area contributed by atoms with Crippen LogP contribution in [0.25, 0.3) is 0 Å². The maximum absolute atomic E-state index is 12.5. The van der Waals surface area contributed by atoms with Crippen molar-refractivity contribution in [2.45, 2.75) is 12.5 Å². The second-order valence-corrected chi connectivity index (χ2v) is 6.20. The Morgan fingerprint density at radius 3 is 2.48 bits per heavy atom. The van der Waals surface area contributed by atoms with Gasteiger partial charge in [0.1, 0.15) is 5.75 Å². The second kappa shape index (κ2) is 8.03. The smallest absolute Gasteiger partial charge is 0.225 e. The molecule has 132 valence electrons. The first-order chi connectivity index (χ1) is 12.2. The van der Waals surface area contributed by atoms with Gasteiger partial charge in [0.25, 0.3) is 0 Å². The van der Waals surface area contributed by atoms with Gasteiger partial charge in [-0.25, -0.2) is 0 Å². The largest absolute Gasteiger partial charge is 0.497 e. The summed E-state index contributed by atoms with van der Waals surface area (Å²) in [5.74, 6) is 0.837. The number of carbonyl (C=O) groups excluding carboxylic acids is 1. The van der Waals surface area contributed by atoms with E-state index in [0.717, 1.165) is 30.1 Å². The molecular formula is C20H24N2O3. The Hall–Kier alpha value is -2.53. The molecule has 0 radical (unpaired) electrons. The van der Waals surface area contributed by atoms with Crippen molar-refractivity contribution in [1.82, 2.24) is 4.90 Å². The van der Waals surface area contributed by atoms with Gasteiger partial charge in [0.2, 0.25) is 5.91 Å².